The highest BCUT2D eigenvalue weighted by molar-refractivity contribution is 7.11. The lowest BCUT2D eigenvalue weighted by Gasteiger charge is -2.14. The molecule has 3 rings (SSSR count). The van der Waals surface area contributed by atoms with Gasteiger partial charge < -0.3 is 16.4 Å². The molecular weight excluding hydrogens is 286 g/mol. The molecule has 6 nitrogen and oxygen atoms in total. The summed E-state index contributed by atoms with van der Waals surface area (Å²) in [6.45, 7) is 1.84. The van der Waals surface area contributed by atoms with Gasteiger partial charge in [-0.2, -0.15) is 4.37 Å². The minimum atomic E-state index is -0.328. The SMILES string of the molecule is CC(Nc1snc(N)c1-c1ccncc1)C(=O)NC1CC1. The van der Waals surface area contributed by atoms with Crippen molar-refractivity contribution in [1.29, 1.82) is 0 Å². The number of carbonyl (C=O) groups is 1. The molecule has 0 aromatic carbocycles. The molecule has 1 fully saturated rings. The van der Waals surface area contributed by atoms with Crippen LogP contribution in [0.4, 0.5) is 10.8 Å². The van der Waals surface area contributed by atoms with Crippen LogP contribution in [-0.2, 0) is 4.79 Å². The van der Waals surface area contributed by atoms with Gasteiger partial charge in [0.05, 0.1) is 5.56 Å². The van der Waals surface area contributed by atoms with E-state index in [4.69, 9.17) is 5.73 Å². The topological polar surface area (TPSA) is 92.9 Å². The van der Waals surface area contributed by atoms with E-state index in [-0.39, 0.29) is 11.9 Å². The van der Waals surface area contributed by atoms with Gasteiger partial charge in [0.25, 0.3) is 0 Å². The molecule has 1 unspecified atom stereocenters. The number of nitrogens with two attached hydrogens (primary N) is 1. The summed E-state index contributed by atoms with van der Waals surface area (Å²) in [7, 11) is 0. The van der Waals surface area contributed by atoms with Gasteiger partial charge in [0, 0.05) is 18.4 Å². The summed E-state index contributed by atoms with van der Waals surface area (Å²) in [6, 6.07) is 3.78. The molecule has 0 radical (unpaired) electrons. The van der Waals surface area contributed by atoms with Crippen molar-refractivity contribution in [2.45, 2.75) is 31.8 Å². The summed E-state index contributed by atoms with van der Waals surface area (Å²) in [5.74, 6) is 0.466. The van der Waals surface area contributed by atoms with Crippen LogP contribution in [0.3, 0.4) is 0 Å². The normalized spacial score (nSPS) is 15.5. The molecule has 2 aromatic rings. The highest BCUT2D eigenvalue weighted by Crippen LogP contribution is 2.36. The number of anilines is 2. The van der Waals surface area contributed by atoms with Crippen LogP contribution in [0.25, 0.3) is 11.1 Å². The van der Waals surface area contributed by atoms with E-state index in [0.29, 0.717) is 11.9 Å². The maximum Gasteiger partial charge on any atom is 0.242 e. The van der Waals surface area contributed by atoms with Crippen molar-refractivity contribution in [1.82, 2.24) is 14.7 Å². The maximum absolute atomic E-state index is 12.0. The fourth-order valence-corrected chi connectivity index (χ4v) is 2.84. The van der Waals surface area contributed by atoms with Crippen LogP contribution in [0.15, 0.2) is 24.5 Å². The standard InChI is InChI=1S/C14H17N5OS/c1-8(13(20)18-10-2-3-10)17-14-11(12(15)19-21-14)9-4-6-16-7-5-9/h4-8,10,17H,2-3H2,1H3,(H2,15,19)(H,18,20). The molecule has 4 N–H and O–H groups in total. The number of nitrogens with zero attached hydrogens (tertiary/aromatic N) is 2. The highest BCUT2D eigenvalue weighted by Gasteiger charge is 2.26. The second-order valence-corrected chi connectivity index (χ2v) is 5.93. The molecule has 1 aliphatic carbocycles. The monoisotopic (exact) mass is 303 g/mol. The van der Waals surface area contributed by atoms with E-state index in [2.05, 4.69) is 20.0 Å². The Morgan fingerprint density at radius 3 is 2.81 bits per heavy atom. The minimum absolute atomic E-state index is 0.00477. The Bertz CT molecular complexity index is 638. The zero-order valence-corrected chi connectivity index (χ0v) is 12.5. The zero-order valence-electron chi connectivity index (χ0n) is 11.7. The number of hydrogen-bond acceptors (Lipinski definition) is 6. The molecule has 1 amide bonds. The third-order valence-electron chi connectivity index (χ3n) is 3.35. The summed E-state index contributed by atoms with van der Waals surface area (Å²) >= 11 is 1.26. The number of nitrogens with one attached hydrogen (secondary N) is 2. The van der Waals surface area contributed by atoms with Gasteiger partial charge in [0.2, 0.25) is 5.91 Å². The molecule has 1 atom stereocenters. The van der Waals surface area contributed by atoms with Gasteiger partial charge >= 0.3 is 0 Å². The van der Waals surface area contributed by atoms with Gasteiger partial charge in [-0.15, -0.1) is 0 Å². The maximum atomic E-state index is 12.0. The average molecular weight is 303 g/mol. The molecule has 2 aromatic heterocycles. The molecule has 0 spiro atoms. The number of pyridine rings is 1. The lowest BCUT2D eigenvalue weighted by Crippen LogP contribution is -2.38. The lowest BCUT2D eigenvalue weighted by atomic mass is 10.1. The Balaban J connectivity index is 1.78. The molecular formula is C14H17N5OS. The first-order valence-corrected chi connectivity index (χ1v) is 7.65. The van der Waals surface area contributed by atoms with Crippen molar-refractivity contribution in [3.63, 3.8) is 0 Å². The number of hydrogen-bond donors (Lipinski definition) is 3. The summed E-state index contributed by atoms with van der Waals surface area (Å²) in [4.78, 5) is 16.0. The number of nitrogen functional groups attached to an aromatic ring is 1. The van der Waals surface area contributed by atoms with Crippen LogP contribution in [0.2, 0.25) is 0 Å². The van der Waals surface area contributed by atoms with E-state index in [0.717, 1.165) is 29.0 Å². The summed E-state index contributed by atoms with van der Waals surface area (Å²) in [5, 5.41) is 6.99. The Morgan fingerprint density at radius 2 is 2.14 bits per heavy atom. The van der Waals surface area contributed by atoms with Gasteiger partial charge in [0.15, 0.2) is 0 Å². The molecule has 2 heterocycles. The number of carbonyl (C=O) groups excluding carboxylic acids is 1. The third kappa shape index (κ3) is 3.13. The second kappa shape index (κ2) is 5.69. The summed E-state index contributed by atoms with van der Waals surface area (Å²) in [5.41, 5.74) is 7.72. The van der Waals surface area contributed by atoms with Gasteiger partial charge in [-0.25, -0.2) is 0 Å². The first kappa shape index (κ1) is 13.8. The minimum Gasteiger partial charge on any atom is -0.382 e. The highest BCUT2D eigenvalue weighted by atomic mass is 32.1. The van der Waals surface area contributed by atoms with Crippen LogP contribution in [0.5, 0.6) is 0 Å². The van der Waals surface area contributed by atoms with Crippen molar-refractivity contribution in [3.05, 3.63) is 24.5 Å². The van der Waals surface area contributed by atoms with Crippen molar-refractivity contribution in [3.8, 4) is 11.1 Å². The fraction of sp³-hybridized carbons (Fsp3) is 0.357. The molecule has 0 bridgehead atoms. The van der Waals surface area contributed by atoms with E-state index < -0.39 is 0 Å². The Labute approximate surface area is 126 Å². The predicted octanol–water partition coefficient (Wildman–Crippen LogP) is 1.87. The molecule has 1 aliphatic rings. The lowest BCUT2D eigenvalue weighted by molar-refractivity contribution is -0.121. The summed E-state index contributed by atoms with van der Waals surface area (Å²) in [6.07, 6.45) is 5.57. The van der Waals surface area contributed by atoms with Crippen LogP contribution in [0.1, 0.15) is 19.8 Å². The third-order valence-corrected chi connectivity index (χ3v) is 4.14. The Hall–Kier alpha value is -2.15. The second-order valence-electron chi connectivity index (χ2n) is 5.16. The van der Waals surface area contributed by atoms with Crippen LogP contribution in [0, 0.1) is 0 Å². The largest absolute Gasteiger partial charge is 0.382 e. The van der Waals surface area contributed by atoms with Gasteiger partial charge in [-0.1, -0.05) is 0 Å². The van der Waals surface area contributed by atoms with E-state index in [1.54, 1.807) is 12.4 Å². The molecule has 0 saturated heterocycles. The van der Waals surface area contributed by atoms with Crippen LogP contribution in [-0.4, -0.2) is 27.3 Å². The molecule has 7 heteroatoms. The van der Waals surface area contributed by atoms with E-state index in [9.17, 15) is 4.79 Å². The Kier molecular flexibility index (Phi) is 3.74. The molecule has 0 aliphatic heterocycles. The van der Waals surface area contributed by atoms with Crippen molar-refractivity contribution < 1.29 is 4.79 Å². The molecule has 1 saturated carbocycles. The zero-order chi connectivity index (χ0) is 14.8. The van der Waals surface area contributed by atoms with Crippen LogP contribution < -0.4 is 16.4 Å². The molecule has 21 heavy (non-hydrogen) atoms. The predicted molar refractivity (Wildman–Crippen MR) is 84.0 cm³/mol. The summed E-state index contributed by atoms with van der Waals surface area (Å²) < 4.78 is 4.18. The van der Waals surface area contributed by atoms with Crippen LogP contribution >= 0.6 is 11.5 Å². The number of aromatic nitrogens is 2. The van der Waals surface area contributed by atoms with Crippen molar-refractivity contribution in [2.24, 2.45) is 0 Å². The van der Waals surface area contributed by atoms with E-state index in [1.807, 2.05) is 19.1 Å². The Morgan fingerprint density at radius 1 is 1.43 bits per heavy atom. The number of amides is 1. The van der Waals surface area contributed by atoms with Gasteiger partial charge in [-0.3, -0.25) is 9.78 Å². The van der Waals surface area contributed by atoms with Crippen molar-refractivity contribution >= 4 is 28.3 Å². The fourth-order valence-electron chi connectivity index (χ4n) is 2.01. The van der Waals surface area contributed by atoms with E-state index >= 15 is 0 Å². The van der Waals surface area contributed by atoms with Gasteiger partial charge in [-0.05, 0) is 49.0 Å². The quantitative estimate of drug-likeness (QED) is 0.784. The first-order chi connectivity index (χ1) is 10.1. The van der Waals surface area contributed by atoms with E-state index in [1.165, 1.54) is 11.5 Å². The average Bonchev–Trinajstić information content (AvgIpc) is 3.22. The number of rotatable bonds is 5. The van der Waals surface area contributed by atoms with Gasteiger partial charge in [0.1, 0.15) is 16.9 Å². The smallest absolute Gasteiger partial charge is 0.242 e. The first-order valence-electron chi connectivity index (χ1n) is 6.87. The molecule has 110 valence electrons. The van der Waals surface area contributed by atoms with Crippen molar-refractivity contribution in [2.75, 3.05) is 11.1 Å².